The Kier molecular flexibility index (Phi) is 3.76. The van der Waals surface area contributed by atoms with Crippen LogP contribution in [0.25, 0.3) is 0 Å². The highest BCUT2D eigenvalue weighted by molar-refractivity contribution is 9.10. The van der Waals surface area contributed by atoms with Crippen LogP contribution in [0.4, 0.5) is 0 Å². The molecule has 0 radical (unpaired) electrons. The summed E-state index contributed by atoms with van der Waals surface area (Å²) in [6.45, 7) is 0.233. The van der Waals surface area contributed by atoms with Crippen LogP contribution in [0, 0.1) is 11.8 Å². The van der Waals surface area contributed by atoms with Crippen LogP contribution in [-0.4, -0.2) is 21.7 Å². The summed E-state index contributed by atoms with van der Waals surface area (Å²) in [6.07, 6.45) is 3.39. The zero-order valence-electron chi connectivity index (χ0n) is 15.8. The number of carbonyl (C=O) groups excluding carboxylic acids is 2. The van der Waals surface area contributed by atoms with E-state index >= 15 is 0 Å². The quantitative estimate of drug-likeness (QED) is 0.367. The Hall–Kier alpha value is -2.31. The number of nitrogens with zero attached hydrogens (tertiary/aromatic N) is 2. The van der Waals surface area contributed by atoms with E-state index < -0.39 is 20.5 Å². The minimum absolute atomic E-state index is 0.140. The maximum Gasteiger partial charge on any atom is 0.235 e. The number of hydrogen-bond donors (Lipinski definition) is 0. The SMILES string of the molecule is O=C1[C@H]2[C@H](C(=O)N1Cc1cccnc1)C1(Br)c3ccccc3C2(Br)c2ccccc21. The molecule has 0 unspecified atom stereocenters. The molecular formula is C24H16Br2N2O2. The summed E-state index contributed by atoms with van der Waals surface area (Å²) in [4.78, 5) is 33.0. The largest absolute Gasteiger partial charge is 0.277 e. The molecule has 1 aliphatic heterocycles. The van der Waals surface area contributed by atoms with Crippen molar-refractivity contribution in [2.45, 2.75) is 15.2 Å². The van der Waals surface area contributed by atoms with Crippen molar-refractivity contribution >= 4 is 43.7 Å². The molecule has 4 nitrogen and oxygen atoms in total. The number of alkyl halides is 2. The van der Waals surface area contributed by atoms with E-state index in [0.717, 1.165) is 27.8 Å². The Labute approximate surface area is 190 Å². The second kappa shape index (κ2) is 6.11. The van der Waals surface area contributed by atoms with Gasteiger partial charge < -0.3 is 0 Å². The number of aromatic nitrogens is 1. The average Bonchev–Trinajstić information content (AvgIpc) is 3.04. The minimum atomic E-state index is -0.739. The second-order valence-corrected chi connectivity index (χ2v) is 10.6. The number of benzene rings is 2. The Balaban J connectivity index is 1.59. The average molecular weight is 524 g/mol. The van der Waals surface area contributed by atoms with E-state index in [0.29, 0.717) is 0 Å². The van der Waals surface area contributed by atoms with Crippen LogP contribution in [0.1, 0.15) is 27.8 Å². The number of halogens is 2. The van der Waals surface area contributed by atoms with E-state index in [2.05, 4.69) is 61.1 Å². The van der Waals surface area contributed by atoms with Gasteiger partial charge in [0, 0.05) is 12.4 Å². The van der Waals surface area contributed by atoms with Gasteiger partial charge in [0.2, 0.25) is 11.8 Å². The van der Waals surface area contributed by atoms with Crippen molar-refractivity contribution in [2.75, 3.05) is 0 Å². The molecular weight excluding hydrogens is 508 g/mol. The molecule has 0 N–H and O–H groups in total. The summed E-state index contributed by atoms with van der Waals surface area (Å²) < 4.78 is -1.48. The van der Waals surface area contributed by atoms with Crippen LogP contribution in [0.15, 0.2) is 73.1 Å². The van der Waals surface area contributed by atoms with Crippen molar-refractivity contribution < 1.29 is 9.59 Å². The molecule has 3 aliphatic carbocycles. The van der Waals surface area contributed by atoms with Gasteiger partial charge in [-0.3, -0.25) is 19.5 Å². The molecule has 1 aromatic heterocycles. The van der Waals surface area contributed by atoms with E-state index in [1.54, 1.807) is 12.4 Å². The fourth-order valence-corrected chi connectivity index (χ4v) is 7.86. The first kappa shape index (κ1) is 18.5. The van der Waals surface area contributed by atoms with Crippen molar-refractivity contribution in [1.82, 2.24) is 9.88 Å². The predicted octanol–water partition coefficient (Wildman–Crippen LogP) is 4.49. The molecule has 4 aliphatic rings. The van der Waals surface area contributed by atoms with Gasteiger partial charge in [-0.15, -0.1) is 0 Å². The summed E-state index contributed by atoms with van der Waals surface area (Å²) in [5.74, 6) is -1.33. The zero-order chi connectivity index (χ0) is 20.7. The third-order valence-corrected chi connectivity index (χ3v) is 9.44. The number of hydrogen-bond acceptors (Lipinski definition) is 3. The molecule has 2 aromatic carbocycles. The molecule has 7 rings (SSSR count). The monoisotopic (exact) mass is 522 g/mol. The van der Waals surface area contributed by atoms with E-state index in [4.69, 9.17) is 0 Å². The lowest BCUT2D eigenvalue weighted by Crippen LogP contribution is -2.56. The zero-order valence-corrected chi connectivity index (χ0v) is 18.9. The van der Waals surface area contributed by atoms with E-state index in [1.165, 1.54) is 4.90 Å². The predicted molar refractivity (Wildman–Crippen MR) is 119 cm³/mol. The summed E-state index contributed by atoms with van der Waals surface area (Å²) in [7, 11) is 0. The van der Waals surface area contributed by atoms with Crippen LogP contribution >= 0.6 is 31.9 Å². The molecule has 2 amide bonds. The molecule has 6 heteroatoms. The minimum Gasteiger partial charge on any atom is -0.277 e. The summed E-state index contributed by atoms with van der Waals surface area (Å²) in [5, 5.41) is 0. The van der Waals surface area contributed by atoms with Gasteiger partial charge in [0.25, 0.3) is 0 Å². The fourth-order valence-electron chi connectivity index (χ4n) is 5.55. The molecule has 2 atom stereocenters. The van der Waals surface area contributed by atoms with Gasteiger partial charge in [0.05, 0.1) is 27.0 Å². The van der Waals surface area contributed by atoms with E-state index in [9.17, 15) is 9.59 Å². The van der Waals surface area contributed by atoms with Crippen LogP contribution < -0.4 is 0 Å². The first-order valence-electron chi connectivity index (χ1n) is 9.81. The maximum atomic E-state index is 13.7. The third kappa shape index (κ3) is 2.04. The molecule has 3 aromatic rings. The summed E-state index contributed by atoms with van der Waals surface area (Å²) in [5.41, 5.74) is 5.03. The number of rotatable bonds is 2. The third-order valence-electron chi connectivity index (χ3n) is 6.74. The number of imide groups is 1. The van der Waals surface area contributed by atoms with Crippen molar-refractivity contribution in [1.29, 1.82) is 0 Å². The summed E-state index contributed by atoms with van der Waals surface area (Å²) >= 11 is 8.02. The lowest BCUT2D eigenvalue weighted by atomic mass is 9.54. The number of likely N-dealkylation sites (tertiary alicyclic amines) is 1. The lowest BCUT2D eigenvalue weighted by molar-refractivity contribution is -0.140. The molecule has 1 saturated heterocycles. The van der Waals surface area contributed by atoms with Crippen molar-refractivity contribution in [3.05, 3.63) is 101 Å². The van der Waals surface area contributed by atoms with E-state index in [-0.39, 0.29) is 18.4 Å². The highest BCUT2D eigenvalue weighted by Gasteiger charge is 2.72. The molecule has 148 valence electrons. The van der Waals surface area contributed by atoms with Crippen LogP contribution in [0.5, 0.6) is 0 Å². The van der Waals surface area contributed by atoms with Gasteiger partial charge in [-0.25, -0.2) is 0 Å². The number of carbonyl (C=O) groups is 2. The highest BCUT2D eigenvalue weighted by Crippen LogP contribution is 2.70. The van der Waals surface area contributed by atoms with Gasteiger partial charge in [0.1, 0.15) is 0 Å². The Morgan fingerprint density at radius 1 is 0.767 bits per heavy atom. The van der Waals surface area contributed by atoms with Crippen LogP contribution in [0.3, 0.4) is 0 Å². The summed E-state index contributed by atoms with van der Waals surface area (Å²) in [6, 6.07) is 19.9. The topological polar surface area (TPSA) is 50.3 Å². The van der Waals surface area contributed by atoms with Crippen molar-refractivity contribution in [2.24, 2.45) is 11.8 Å². The highest BCUT2D eigenvalue weighted by atomic mass is 79.9. The normalized spacial score (nSPS) is 30.8. The fraction of sp³-hybridized carbons (Fsp3) is 0.208. The smallest absolute Gasteiger partial charge is 0.235 e. The lowest BCUT2D eigenvalue weighted by Gasteiger charge is -2.55. The van der Waals surface area contributed by atoms with E-state index in [1.807, 2.05) is 36.4 Å². The maximum absolute atomic E-state index is 13.7. The molecule has 0 saturated carbocycles. The first-order valence-corrected chi connectivity index (χ1v) is 11.4. The first-order chi connectivity index (χ1) is 14.5. The number of amides is 2. The van der Waals surface area contributed by atoms with Gasteiger partial charge >= 0.3 is 0 Å². The van der Waals surface area contributed by atoms with Crippen molar-refractivity contribution in [3.63, 3.8) is 0 Å². The number of pyridine rings is 1. The van der Waals surface area contributed by atoms with Crippen molar-refractivity contribution in [3.8, 4) is 0 Å². The van der Waals surface area contributed by atoms with Gasteiger partial charge in [-0.05, 0) is 33.9 Å². The Bertz CT molecular complexity index is 1110. The molecule has 2 heterocycles. The van der Waals surface area contributed by atoms with Crippen LogP contribution in [0.2, 0.25) is 0 Å². The van der Waals surface area contributed by atoms with Crippen LogP contribution in [-0.2, 0) is 24.8 Å². The standard InChI is InChI=1S/C24H16Br2N2O2/c25-23-15-7-1-2-8-16(15)24(26,18-10-4-3-9-17(18)23)20-19(23)21(29)28(22(20)30)13-14-6-5-11-27-12-14/h1-12,19-20H,13H2/t19-,20-,23?,24?/m1/s1. The van der Waals surface area contributed by atoms with Gasteiger partial charge in [0.15, 0.2) is 0 Å². The molecule has 2 bridgehead atoms. The van der Waals surface area contributed by atoms with Gasteiger partial charge in [-0.1, -0.05) is 86.5 Å². The molecule has 30 heavy (non-hydrogen) atoms. The molecule has 1 fully saturated rings. The Morgan fingerprint density at radius 2 is 1.23 bits per heavy atom. The molecule has 0 spiro atoms. The van der Waals surface area contributed by atoms with Gasteiger partial charge in [-0.2, -0.15) is 0 Å². The second-order valence-electron chi connectivity index (χ2n) is 8.09. The Morgan fingerprint density at radius 3 is 1.63 bits per heavy atom.